The fourth-order valence-electron chi connectivity index (χ4n) is 3.10. The lowest BCUT2D eigenvalue weighted by Crippen LogP contribution is -2.41. The van der Waals surface area contributed by atoms with Crippen LogP contribution in [-0.4, -0.2) is 56.1 Å². The molecule has 1 unspecified atom stereocenters. The average Bonchev–Trinajstić information content (AvgIpc) is 3.16. The van der Waals surface area contributed by atoms with E-state index in [1.54, 1.807) is 17.1 Å². The van der Waals surface area contributed by atoms with Gasteiger partial charge in [-0.1, -0.05) is 35.0 Å². The minimum Gasteiger partial charge on any atom is -0.387 e. The molecular weight excluding hydrogens is 306 g/mol. The maximum Gasteiger partial charge on any atom is 0.234 e. The van der Waals surface area contributed by atoms with E-state index in [1.807, 2.05) is 30.0 Å². The van der Waals surface area contributed by atoms with Gasteiger partial charge in [0, 0.05) is 25.8 Å². The van der Waals surface area contributed by atoms with Crippen LogP contribution in [0, 0.1) is 6.92 Å². The number of aryl methyl sites for hydroxylation is 1. The van der Waals surface area contributed by atoms with E-state index in [0.29, 0.717) is 39.1 Å². The van der Waals surface area contributed by atoms with Crippen LogP contribution in [0.2, 0.25) is 0 Å². The van der Waals surface area contributed by atoms with Crippen molar-refractivity contribution in [1.82, 2.24) is 25.2 Å². The predicted octanol–water partition coefficient (Wildman–Crippen LogP) is 0.340. The van der Waals surface area contributed by atoms with Crippen LogP contribution in [0.1, 0.15) is 17.5 Å². The zero-order valence-electron chi connectivity index (χ0n) is 13.9. The molecule has 0 bridgehead atoms. The second kappa shape index (κ2) is 7.11. The number of rotatable bonds is 6. The van der Waals surface area contributed by atoms with Gasteiger partial charge in [0.05, 0.1) is 24.9 Å². The number of amides is 1. The molecule has 1 aliphatic rings. The smallest absolute Gasteiger partial charge is 0.234 e. The van der Waals surface area contributed by atoms with E-state index in [1.165, 1.54) is 5.56 Å². The Balaban J connectivity index is 1.45. The summed E-state index contributed by atoms with van der Waals surface area (Å²) in [5.41, 5.74) is 1.41. The first kappa shape index (κ1) is 16.6. The van der Waals surface area contributed by atoms with Gasteiger partial charge in [-0.05, 0) is 18.9 Å². The molecule has 1 fully saturated rings. The standard InChI is InChI=1S/C17H23N5O2/c1-14-3-2-4-15(9-14)10-18-16(23)11-21-7-5-17(24,12-21)13-22-8-6-19-20-22/h2-4,6,8-9,24H,5,7,10-13H2,1H3,(H,18,23). The summed E-state index contributed by atoms with van der Waals surface area (Å²) in [4.78, 5) is 14.1. The van der Waals surface area contributed by atoms with Crippen LogP contribution in [0.25, 0.3) is 0 Å². The molecule has 128 valence electrons. The van der Waals surface area contributed by atoms with Crippen molar-refractivity contribution in [2.24, 2.45) is 0 Å². The van der Waals surface area contributed by atoms with Crippen molar-refractivity contribution in [3.63, 3.8) is 0 Å². The van der Waals surface area contributed by atoms with E-state index in [0.717, 1.165) is 5.56 Å². The Bertz CT molecular complexity index is 688. The molecule has 2 N–H and O–H groups in total. The normalized spacial score (nSPS) is 21.1. The SMILES string of the molecule is Cc1cccc(CNC(=O)CN2CCC(O)(Cn3ccnn3)C2)c1. The second-order valence-corrected chi connectivity index (χ2v) is 6.55. The maximum atomic E-state index is 12.1. The summed E-state index contributed by atoms with van der Waals surface area (Å²) < 4.78 is 1.63. The van der Waals surface area contributed by atoms with Crippen LogP contribution in [0.5, 0.6) is 0 Å². The Morgan fingerprint density at radius 2 is 2.33 bits per heavy atom. The quantitative estimate of drug-likeness (QED) is 0.798. The van der Waals surface area contributed by atoms with Gasteiger partial charge in [-0.2, -0.15) is 0 Å². The lowest BCUT2D eigenvalue weighted by molar-refractivity contribution is -0.122. The minimum absolute atomic E-state index is 0.0264. The molecule has 1 saturated heterocycles. The largest absolute Gasteiger partial charge is 0.387 e. The van der Waals surface area contributed by atoms with Gasteiger partial charge in [0.2, 0.25) is 5.91 Å². The molecule has 7 nitrogen and oxygen atoms in total. The van der Waals surface area contributed by atoms with E-state index >= 15 is 0 Å². The minimum atomic E-state index is -0.857. The third-order valence-electron chi connectivity index (χ3n) is 4.28. The first-order chi connectivity index (χ1) is 11.5. The third-order valence-corrected chi connectivity index (χ3v) is 4.28. The van der Waals surface area contributed by atoms with Crippen molar-refractivity contribution in [2.45, 2.75) is 32.0 Å². The summed E-state index contributed by atoms with van der Waals surface area (Å²) in [5, 5.41) is 21.2. The highest BCUT2D eigenvalue weighted by Gasteiger charge is 2.37. The fraction of sp³-hybridized carbons (Fsp3) is 0.471. The number of carbonyl (C=O) groups excluding carboxylic acids is 1. The summed E-state index contributed by atoms with van der Waals surface area (Å²) in [6, 6.07) is 8.08. The summed E-state index contributed by atoms with van der Waals surface area (Å²) in [7, 11) is 0. The van der Waals surface area contributed by atoms with Gasteiger partial charge in [0.1, 0.15) is 0 Å². The van der Waals surface area contributed by atoms with Crippen molar-refractivity contribution in [3.8, 4) is 0 Å². The Morgan fingerprint density at radius 3 is 3.08 bits per heavy atom. The molecule has 1 aromatic carbocycles. The Kier molecular flexibility index (Phi) is 4.92. The van der Waals surface area contributed by atoms with E-state index in [4.69, 9.17) is 0 Å². The van der Waals surface area contributed by atoms with Crippen molar-refractivity contribution in [1.29, 1.82) is 0 Å². The molecule has 7 heteroatoms. The van der Waals surface area contributed by atoms with Gasteiger partial charge >= 0.3 is 0 Å². The third kappa shape index (κ3) is 4.39. The number of benzene rings is 1. The first-order valence-corrected chi connectivity index (χ1v) is 8.14. The lowest BCUT2D eigenvalue weighted by Gasteiger charge is -2.22. The van der Waals surface area contributed by atoms with Gasteiger partial charge in [-0.25, -0.2) is 4.68 Å². The molecule has 1 amide bonds. The lowest BCUT2D eigenvalue weighted by atomic mass is 10.0. The van der Waals surface area contributed by atoms with Crippen LogP contribution in [-0.2, 0) is 17.9 Å². The number of nitrogens with zero attached hydrogens (tertiary/aromatic N) is 4. The molecule has 2 aromatic rings. The maximum absolute atomic E-state index is 12.1. The molecule has 0 spiro atoms. The van der Waals surface area contributed by atoms with E-state index in [9.17, 15) is 9.90 Å². The van der Waals surface area contributed by atoms with E-state index < -0.39 is 5.60 Å². The number of likely N-dealkylation sites (tertiary alicyclic amines) is 1. The van der Waals surface area contributed by atoms with Crippen molar-refractivity contribution in [3.05, 3.63) is 47.8 Å². The Morgan fingerprint density at radius 1 is 1.46 bits per heavy atom. The molecule has 3 rings (SSSR count). The highest BCUT2D eigenvalue weighted by molar-refractivity contribution is 5.78. The van der Waals surface area contributed by atoms with Crippen molar-refractivity contribution < 1.29 is 9.90 Å². The van der Waals surface area contributed by atoms with Crippen LogP contribution < -0.4 is 5.32 Å². The van der Waals surface area contributed by atoms with Crippen LogP contribution in [0.4, 0.5) is 0 Å². The molecule has 2 heterocycles. The highest BCUT2D eigenvalue weighted by Crippen LogP contribution is 2.22. The van der Waals surface area contributed by atoms with Crippen LogP contribution >= 0.6 is 0 Å². The van der Waals surface area contributed by atoms with Gasteiger partial charge in [-0.3, -0.25) is 9.69 Å². The number of β-amino-alcohol motifs (C(OH)–C–C–N with tert-alkyl or cyclic N) is 1. The van der Waals surface area contributed by atoms with Crippen molar-refractivity contribution >= 4 is 5.91 Å². The van der Waals surface area contributed by atoms with Gasteiger partial charge in [0.15, 0.2) is 0 Å². The summed E-state index contributed by atoms with van der Waals surface area (Å²) in [6.45, 7) is 4.41. The Hall–Kier alpha value is -2.25. The zero-order valence-corrected chi connectivity index (χ0v) is 13.9. The summed E-state index contributed by atoms with van der Waals surface area (Å²) >= 11 is 0. The van der Waals surface area contributed by atoms with Gasteiger partial charge < -0.3 is 10.4 Å². The van der Waals surface area contributed by atoms with Crippen LogP contribution in [0.15, 0.2) is 36.7 Å². The molecule has 1 aliphatic heterocycles. The van der Waals surface area contributed by atoms with E-state index in [-0.39, 0.29) is 5.91 Å². The molecule has 1 aromatic heterocycles. The first-order valence-electron chi connectivity index (χ1n) is 8.14. The number of aliphatic hydroxyl groups is 1. The van der Waals surface area contributed by atoms with Gasteiger partial charge in [-0.15, -0.1) is 5.10 Å². The van der Waals surface area contributed by atoms with E-state index in [2.05, 4.69) is 21.7 Å². The topological polar surface area (TPSA) is 83.3 Å². The Labute approximate surface area is 141 Å². The molecule has 24 heavy (non-hydrogen) atoms. The van der Waals surface area contributed by atoms with Crippen LogP contribution in [0.3, 0.4) is 0 Å². The summed E-state index contributed by atoms with van der Waals surface area (Å²) in [6.07, 6.45) is 3.95. The molecular formula is C17H23N5O2. The number of hydrogen-bond donors (Lipinski definition) is 2. The second-order valence-electron chi connectivity index (χ2n) is 6.55. The summed E-state index contributed by atoms with van der Waals surface area (Å²) in [5.74, 6) is -0.0264. The fourth-order valence-corrected chi connectivity index (χ4v) is 3.10. The number of hydrogen-bond acceptors (Lipinski definition) is 5. The van der Waals surface area contributed by atoms with Gasteiger partial charge in [0.25, 0.3) is 0 Å². The number of carbonyl (C=O) groups is 1. The zero-order chi connectivity index (χ0) is 17.0. The average molecular weight is 329 g/mol. The number of aromatic nitrogens is 3. The monoisotopic (exact) mass is 329 g/mol. The predicted molar refractivity (Wildman–Crippen MR) is 89.1 cm³/mol. The molecule has 0 saturated carbocycles. The molecule has 0 radical (unpaired) electrons. The number of nitrogens with one attached hydrogen (secondary N) is 1. The van der Waals surface area contributed by atoms with Crippen molar-refractivity contribution in [2.75, 3.05) is 19.6 Å². The molecule has 1 atom stereocenters. The highest BCUT2D eigenvalue weighted by atomic mass is 16.3. The molecule has 0 aliphatic carbocycles.